The molecule has 0 bridgehead atoms. The van der Waals surface area contributed by atoms with Gasteiger partial charge in [-0.05, 0) is 83.9 Å². The van der Waals surface area contributed by atoms with Gasteiger partial charge in [0.05, 0.1) is 98.6 Å². The first-order valence-electron chi connectivity index (χ1n) is 30.9. The predicted molar refractivity (Wildman–Crippen MR) is 344 cm³/mol. The summed E-state index contributed by atoms with van der Waals surface area (Å²) in [6.07, 6.45) is -12.1. The van der Waals surface area contributed by atoms with Crippen molar-refractivity contribution in [3.63, 3.8) is 0 Å². The maximum absolute atomic E-state index is 12.9. The maximum Gasteiger partial charge on any atom is 0.408 e. The lowest BCUT2D eigenvalue weighted by Gasteiger charge is -2.50. The molecule has 4 heterocycles. The fraction of sp³-hybridized carbons (Fsp3) is 0.786. The molecule has 2 saturated carbocycles. The number of nitrogens with zero attached hydrogens (tertiary/aromatic N) is 3. The molecule has 1 aromatic carbocycles. The number of likely N-dealkylation sites (N-methyl/N-ethyl adjacent to an activating group) is 2. The summed E-state index contributed by atoms with van der Waals surface area (Å²) >= 11 is 0. The molecule has 2 saturated heterocycles. The number of nitrogens with two attached hydrogens (primary N) is 3. The van der Waals surface area contributed by atoms with Crippen molar-refractivity contribution in [2.45, 2.75) is 207 Å². The lowest BCUT2D eigenvalue weighted by atomic mass is 9.80. The molecule has 98 heavy (non-hydrogen) atoms. The molecule has 2 amide bonds. The van der Waals surface area contributed by atoms with Gasteiger partial charge in [-0.15, -0.1) is 0 Å². The quantitative estimate of drug-likeness (QED) is 0.0363. The van der Waals surface area contributed by atoms with Gasteiger partial charge in [0.15, 0.2) is 12.6 Å². The van der Waals surface area contributed by atoms with Gasteiger partial charge in [0, 0.05) is 32.3 Å². The summed E-state index contributed by atoms with van der Waals surface area (Å²) in [4.78, 5) is 36.0. The van der Waals surface area contributed by atoms with E-state index in [1.165, 1.54) is 39.1 Å². The van der Waals surface area contributed by atoms with E-state index in [2.05, 4.69) is 20.1 Å². The average molecular weight is 1490 g/mol. The minimum atomic E-state index is -3.96. The molecule has 1 aromatic rings. The standard InChI is InChI=1S/C35H55N5O17S2.C21H41N5O11S2/c1-19-14-24(38-58(7,48)49)28(56-31-26(42)29(35(5,45)18-53-31)39(6)59(8,50)51)25(41)27(19)55-30-23(37-33(44)57-34(2,3)4)13-12-22(54-30)16-36-32(43)52-17-20-10-9-11-21(15-20)40(46)47;1-21(29)9-34-20(15(28)18(21)26(2)39(4,32)33)37-17-13(25-38(3,30)31)7-12(24)16(14(17)27)36-19-11(23)6-5-10(8-22)35-19/h9-12,15,19,23-31,38,41-42,45H,13-14,16-18H2,1-8H3,(H,36,43)(H,37,44);5,11-20,25,27-29H,6-9,22-24H2,1-4H3/t19-,23+,24+,25-,26+,27+,28-,29+,30+,31+,35-;11-,12+,13-,14+,15-,16-,17+,18-,19-,20-,21+/m01/s1. The summed E-state index contributed by atoms with van der Waals surface area (Å²) in [7, 11) is -13.2. The Morgan fingerprint density at radius 1 is 0.684 bits per heavy atom. The topological polar surface area (TPSA) is 560 Å². The average Bonchev–Trinajstić information content (AvgIpc) is 0.769. The second kappa shape index (κ2) is 32.7. The number of benzene rings is 1. The van der Waals surface area contributed by atoms with Crippen LogP contribution in [0.3, 0.4) is 0 Å². The number of ether oxygens (including phenoxy) is 10. The van der Waals surface area contributed by atoms with Crippen LogP contribution in [0.2, 0.25) is 0 Å². The zero-order chi connectivity index (χ0) is 73.7. The Hall–Kier alpha value is -4.72. The Morgan fingerprint density at radius 3 is 1.65 bits per heavy atom. The molecular formula is C56H96N10O28S4. The van der Waals surface area contributed by atoms with Gasteiger partial charge in [-0.3, -0.25) is 10.1 Å². The van der Waals surface area contributed by atoms with Crippen molar-refractivity contribution < 1.29 is 126 Å². The number of hydrogen-bond donors (Lipinski definition) is 13. The number of non-ortho nitro benzene ring substituents is 1. The number of aliphatic hydroxyl groups excluding tert-OH is 4. The molecule has 22 atom stereocenters. The fourth-order valence-corrected chi connectivity index (χ4v) is 15.2. The van der Waals surface area contributed by atoms with E-state index in [-0.39, 0.29) is 50.4 Å². The van der Waals surface area contributed by atoms with E-state index in [9.17, 15) is 84.0 Å². The molecule has 38 nitrogen and oxygen atoms in total. The summed E-state index contributed by atoms with van der Waals surface area (Å²) < 4.78 is 163. The monoisotopic (exact) mass is 1480 g/mol. The van der Waals surface area contributed by atoms with Crippen LogP contribution in [0, 0.1) is 16.0 Å². The van der Waals surface area contributed by atoms with E-state index < -0.39 is 209 Å². The molecule has 0 spiro atoms. The molecule has 16 N–H and O–H groups in total. The van der Waals surface area contributed by atoms with Crippen LogP contribution in [0.25, 0.3) is 0 Å². The smallest absolute Gasteiger partial charge is 0.408 e. The number of nitrogens with one attached hydrogen (secondary N) is 4. The summed E-state index contributed by atoms with van der Waals surface area (Å²) in [5, 5.41) is 83.7. The third-order valence-corrected chi connectivity index (χ3v) is 20.8. The Bertz CT molecular complexity index is 3460. The highest BCUT2D eigenvalue weighted by Gasteiger charge is 2.57. The van der Waals surface area contributed by atoms with E-state index in [0.29, 0.717) is 17.7 Å². The SMILES string of the molecule is CN([C@@H]1[C@@H](O)[C@@H](O[C@@H]2[C@@H](O)[C@H](O[C@H]3OC(CN)=CC[C@H]3N)[C@@H](N)C[C@H]2NS(C)(=O)=O)OC[C@]1(C)O)S(C)(=O)=O.C[C@H]1C[C@@H](NS(C)(=O)=O)[C@H](O[C@H]2OC[C@](C)(O)[C@H](N(C)S(C)(=O)=O)[C@H]2O)[C@@H](O)[C@@H]1O[C@H]1OC(CNC(=O)OCc2cccc([N+](=O)[O-])c2)=CC[C@H]1NC(=O)OC(C)(C)C. The maximum atomic E-state index is 12.9. The van der Waals surface area contributed by atoms with Crippen LogP contribution in [0.5, 0.6) is 0 Å². The lowest BCUT2D eigenvalue weighted by molar-refractivity contribution is -0.384. The highest BCUT2D eigenvalue weighted by atomic mass is 32.2. The zero-order valence-corrected chi connectivity index (χ0v) is 59.5. The van der Waals surface area contributed by atoms with Crippen LogP contribution < -0.4 is 37.3 Å². The van der Waals surface area contributed by atoms with Gasteiger partial charge in [-0.25, -0.2) is 52.7 Å². The van der Waals surface area contributed by atoms with Crippen LogP contribution in [0.15, 0.2) is 47.9 Å². The Labute approximate surface area is 569 Å². The molecule has 0 unspecified atom stereocenters. The van der Waals surface area contributed by atoms with Crippen molar-refractivity contribution in [1.82, 2.24) is 28.7 Å². The van der Waals surface area contributed by atoms with E-state index >= 15 is 0 Å². The molecule has 0 aromatic heterocycles. The first-order valence-corrected chi connectivity index (χ1v) is 38.4. The largest absolute Gasteiger partial charge is 0.467 e. The van der Waals surface area contributed by atoms with E-state index in [0.717, 1.165) is 40.7 Å². The second-order valence-electron chi connectivity index (χ2n) is 26.8. The third kappa shape index (κ3) is 22.4. The first-order chi connectivity index (χ1) is 45.0. The summed E-state index contributed by atoms with van der Waals surface area (Å²) in [5.74, 6) is -0.0243. The zero-order valence-electron chi connectivity index (χ0n) is 56.2. The molecule has 4 fully saturated rings. The lowest BCUT2D eigenvalue weighted by Crippen LogP contribution is -2.69. The van der Waals surface area contributed by atoms with Gasteiger partial charge in [-0.2, -0.15) is 8.61 Å². The van der Waals surface area contributed by atoms with Crippen molar-refractivity contribution >= 4 is 58.0 Å². The molecular weight excluding hydrogens is 1390 g/mol. The van der Waals surface area contributed by atoms with E-state index in [1.54, 1.807) is 45.9 Å². The van der Waals surface area contributed by atoms with E-state index in [1.807, 2.05) is 0 Å². The number of sulfonamides is 4. The number of amides is 2. The van der Waals surface area contributed by atoms with Crippen molar-refractivity contribution in [3.05, 3.63) is 63.6 Å². The summed E-state index contributed by atoms with van der Waals surface area (Å²) in [5.41, 5.74) is 13.7. The minimum absolute atomic E-state index is 0.00971. The van der Waals surface area contributed by atoms with Gasteiger partial charge in [0.2, 0.25) is 52.7 Å². The van der Waals surface area contributed by atoms with E-state index in [4.69, 9.17) is 64.6 Å². The van der Waals surface area contributed by atoms with Crippen molar-refractivity contribution in [2.75, 3.05) is 65.4 Å². The van der Waals surface area contributed by atoms with Gasteiger partial charge in [-0.1, -0.05) is 19.1 Å². The number of carbonyl (C=O) groups is 2. The van der Waals surface area contributed by atoms with Gasteiger partial charge in [0.25, 0.3) is 5.69 Å². The van der Waals surface area contributed by atoms with Gasteiger partial charge in [0.1, 0.15) is 77.7 Å². The number of nitro benzene ring substituents is 1. The molecule has 2 aliphatic carbocycles. The number of nitro groups is 1. The molecule has 7 rings (SSSR count). The second-order valence-corrected chi connectivity index (χ2v) is 34.4. The molecule has 6 aliphatic rings. The number of carbonyl (C=O) groups excluding carboxylic acids is 2. The van der Waals surface area contributed by atoms with Crippen molar-refractivity contribution in [1.29, 1.82) is 0 Å². The van der Waals surface area contributed by atoms with Crippen LogP contribution in [0.1, 0.15) is 72.8 Å². The number of rotatable bonds is 23. The molecule has 4 aliphatic heterocycles. The first kappa shape index (κ1) is 82.2. The highest BCUT2D eigenvalue weighted by molar-refractivity contribution is 7.89. The Kier molecular flexibility index (Phi) is 27.5. The number of aliphatic hydroxyl groups is 6. The molecule has 0 radical (unpaired) electrons. The summed E-state index contributed by atoms with van der Waals surface area (Å²) in [6.45, 7) is 7.86. The Balaban J connectivity index is 0.000000336. The van der Waals surface area contributed by atoms with Crippen LogP contribution >= 0.6 is 0 Å². The number of hydrogen-bond acceptors (Lipinski definition) is 31. The van der Waals surface area contributed by atoms with Crippen LogP contribution in [-0.2, 0) is 94.1 Å². The fourth-order valence-electron chi connectivity index (χ4n) is 12.1. The Morgan fingerprint density at radius 2 is 1.16 bits per heavy atom. The number of alkyl carbamates (subject to hydrolysis) is 2. The van der Waals surface area contributed by atoms with Crippen molar-refractivity contribution in [2.24, 2.45) is 23.1 Å². The van der Waals surface area contributed by atoms with Crippen LogP contribution in [0.4, 0.5) is 15.3 Å². The van der Waals surface area contributed by atoms with Gasteiger partial charge >= 0.3 is 12.2 Å². The minimum Gasteiger partial charge on any atom is -0.467 e. The molecule has 42 heteroatoms. The predicted octanol–water partition coefficient (Wildman–Crippen LogP) is -4.43. The van der Waals surface area contributed by atoms with Crippen molar-refractivity contribution in [3.8, 4) is 0 Å². The third-order valence-electron chi connectivity index (χ3n) is 16.8. The van der Waals surface area contributed by atoms with Gasteiger partial charge < -0.3 is 106 Å². The molecule has 562 valence electrons. The normalized spacial score (nSPS) is 35.9. The highest BCUT2D eigenvalue weighted by Crippen LogP contribution is 2.38. The summed E-state index contributed by atoms with van der Waals surface area (Å²) in [6, 6.07) is -1.97. The van der Waals surface area contributed by atoms with Crippen LogP contribution in [-0.4, -0.2) is 289 Å².